The molecule has 0 fully saturated rings. The van der Waals surface area contributed by atoms with Crippen molar-refractivity contribution < 1.29 is 19.4 Å². The van der Waals surface area contributed by atoms with E-state index in [0.29, 0.717) is 18.7 Å². The number of methoxy groups -OCH3 is 1. The number of nitrogens with zero attached hydrogens (tertiary/aromatic N) is 1. The molecule has 5 heteroatoms. The molecule has 0 radical (unpaired) electrons. The Balaban J connectivity index is 2.84. The van der Waals surface area contributed by atoms with Crippen molar-refractivity contribution >= 4 is 11.9 Å². The number of ether oxygens (including phenoxy) is 1. The second-order valence-electron chi connectivity index (χ2n) is 5.10. The van der Waals surface area contributed by atoms with E-state index in [4.69, 9.17) is 9.84 Å². The molecule has 0 unspecified atom stereocenters. The summed E-state index contributed by atoms with van der Waals surface area (Å²) in [5.41, 5.74) is 1.46. The van der Waals surface area contributed by atoms with Gasteiger partial charge in [-0.3, -0.25) is 9.59 Å². The van der Waals surface area contributed by atoms with Crippen LogP contribution in [0.25, 0.3) is 0 Å². The van der Waals surface area contributed by atoms with Crippen LogP contribution in [0, 0.1) is 5.92 Å². The van der Waals surface area contributed by atoms with Crippen LogP contribution in [0.15, 0.2) is 24.3 Å². The van der Waals surface area contributed by atoms with Crippen molar-refractivity contribution in [3.63, 3.8) is 0 Å². The van der Waals surface area contributed by atoms with Gasteiger partial charge in [0.1, 0.15) is 6.54 Å². The average molecular weight is 279 g/mol. The Morgan fingerprint density at radius 3 is 2.30 bits per heavy atom. The van der Waals surface area contributed by atoms with E-state index < -0.39 is 5.97 Å². The van der Waals surface area contributed by atoms with Crippen molar-refractivity contribution in [3.8, 4) is 0 Å². The van der Waals surface area contributed by atoms with Crippen LogP contribution < -0.4 is 0 Å². The summed E-state index contributed by atoms with van der Waals surface area (Å²) in [6, 6.07) is 7.02. The number of rotatable bonds is 7. The number of carbonyl (C=O) groups is 2. The van der Waals surface area contributed by atoms with Crippen molar-refractivity contribution in [2.24, 2.45) is 5.92 Å². The van der Waals surface area contributed by atoms with E-state index in [9.17, 15) is 9.59 Å². The first kappa shape index (κ1) is 16.2. The molecule has 1 N–H and O–H groups in total. The predicted molar refractivity (Wildman–Crippen MR) is 75.5 cm³/mol. The summed E-state index contributed by atoms with van der Waals surface area (Å²) in [5, 5.41) is 8.90. The quantitative estimate of drug-likeness (QED) is 0.829. The lowest BCUT2D eigenvalue weighted by molar-refractivity contribution is -0.137. The third kappa shape index (κ3) is 5.01. The Hall–Kier alpha value is -1.88. The zero-order valence-electron chi connectivity index (χ0n) is 12.1. The Morgan fingerprint density at radius 2 is 1.85 bits per heavy atom. The molecule has 0 aliphatic carbocycles. The van der Waals surface area contributed by atoms with Crippen LogP contribution in [0.2, 0.25) is 0 Å². The minimum absolute atomic E-state index is 0.214. The highest BCUT2D eigenvalue weighted by Gasteiger charge is 2.19. The lowest BCUT2D eigenvalue weighted by Gasteiger charge is -2.22. The van der Waals surface area contributed by atoms with E-state index in [2.05, 4.69) is 0 Å². The van der Waals surface area contributed by atoms with Gasteiger partial charge in [-0.2, -0.15) is 0 Å². The number of amides is 1. The summed E-state index contributed by atoms with van der Waals surface area (Å²) >= 11 is 0. The lowest BCUT2D eigenvalue weighted by atomic mass is 10.1. The third-order valence-electron chi connectivity index (χ3n) is 2.71. The van der Waals surface area contributed by atoms with Gasteiger partial charge >= 0.3 is 5.97 Å². The zero-order chi connectivity index (χ0) is 15.1. The SMILES string of the molecule is COCc1ccc(C(=O)N(CC(=O)O)CC(C)C)cc1. The fraction of sp³-hybridized carbons (Fsp3) is 0.467. The van der Waals surface area contributed by atoms with Crippen LogP contribution in [0.5, 0.6) is 0 Å². The fourth-order valence-corrected chi connectivity index (χ4v) is 1.92. The van der Waals surface area contributed by atoms with Gasteiger partial charge in [-0.15, -0.1) is 0 Å². The first-order valence-corrected chi connectivity index (χ1v) is 6.53. The van der Waals surface area contributed by atoms with E-state index in [1.807, 2.05) is 26.0 Å². The maximum absolute atomic E-state index is 12.3. The molecule has 1 aromatic rings. The van der Waals surface area contributed by atoms with E-state index in [0.717, 1.165) is 5.56 Å². The van der Waals surface area contributed by atoms with Crippen LogP contribution >= 0.6 is 0 Å². The molecule has 0 bridgehead atoms. The molecule has 1 aromatic carbocycles. The highest BCUT2D eigenvalue weighted by Crippen LogP contribution is 2.10. The van der Waals surface area contributed by atoms with Crippen LogP contribution in [0.3, 0.4) is 0 Å². The third-order valence-corrected chi connectivity index (χ3v) is 2.71. The Labute approximate surface area is 119 Å². The first-order chi connectivity index (χ1) is 9.43. The monoisotopic (exact) mass is 279 g/mol. The molecule has 5 nitrogen and oxygen atoms in total. The molecule has 20 heavy (non-hydrogen) atoms. The summed E-state index contributed by atoms with van der Waals surface area (Å²) in [4.78, 5) is 24.5. The molecule has 0 saturated heterocycles. The van der Waals surface area contributed by atoms with Crippen LogP contribution in [-0.2, 0) is 16.1 Å². The Morgan fingerprint density at radius 1 is 1.25 bits per heavy atom. The molecule has 0 atom stereocenters. The molecule has 0 saturated carbocycles. The van der Waals surface area contributed by atoms with Gasteiger partial charge in [0.25, 0.3) is 5.91 Å². The molecule has 0 aliphatic heterocycles. The van der Waals surface area contributed by atoms with Gasteiger partial charge in [0.05, 0.1) is 6.61 Å². The molecule has 1 rings (SSSR count). The Bertz CT molecular complexity index is 453. The molecule has 0 aliphatic rings. The second kappa shape index (κ2) is 7.65. The van der Waals surface area contributed by atoms with Gasteiger partial charge in [0, 0.05) is 19.2 Å². The summed E-state index contributed by atoms with van der Waals surface area (Å²) in [6.45, 7) is 4.52. The van der Waals surface area contributed by atoms with Crippen molar-refractivity contribution in [3.05, 3.63) is 35.4 Å². The molecule has 0 heterocycles. The predicted octanol–water partition coefficient (Wildman–Crippen LogP) is 2.02. The van der Waals surface area contributed by atoms with Crippen LogP contribution in [0.4, 0.5) is 0 Å². The normalized spacial score (nSPS) is 10.6. The summed E-state index contributed by atoms with van der Waals surface area (Å²) in [5.74, 6) is -1.05. The number of aliphatic carboxylic acids is 1. The van der Waals surface area contributed by atoms with Gasteiger partial charge in [-0.05, 0) is 23.6 Å². The molecule has 110 valence electrons. The summed E-state index contributed by atoms with van der Waals surface area (Å²) in [6.07, 6.45) is 0. The maximum Gasteiger partial charge on any atom is 0.323 e. The number of hydrogen-bond acceptors (Lipinski definition) is 3. The van der Waals surface area contributed by atoms with Gasteiger partial charge in [0.2, 0.25) is 0 Å². The van der Waals surface area contributed by atoms with E-state index in [1.165, 1.54) is 4.90 Å². The van der Waals surface area contributed by atoms with E-state index in [1.54, 1.807) is 19.2 Å². The van der Waals surface area contributed by atoms with Gasteiger partial charge in [-0.25, -0.2) is 0 Å². The van der Waals surface area contributed by atoms with E-state index >= 15 is 0 Å². The number of carboxylic acid groups (broad SMARTS) is 1. The molecular formula is C15H21NO4. The number of hydrogen-bond donors (Lipinski definition) is 1. The van der Waals surface area contributed by atoms with Crippen molar-refractivity contribution in [1.82, 2.24) is 4.90 Å². The zero-order valence-corrected chi connectivity index (χ0v) is 12.1. The van der Waals surface area contributed by atoms with Gasteiger partial charge in [-0.1, -0.05) is 26.0 Å². The smallest absolute Gasteiger partial charge is 0.323 e. The Kier molecular flexibility index (Phi) is 6.18. The lowest BCUT2D eigenvalue weighted by Crippen LogP contribution is -2.38. The summed E-state index contributed by atoms with van der Waals surface area (Å²) in [7, 11) is 1.61. The second-order valence-corrected chi connectivity index (χ2v) is 5.10. The maximum atomic E-state index is 12.3. The molecule has 0 aromatic heterocycles. The average Bonchev–Trinajstić information content (AvgIpc) is 2.37. The number of carbonyl (C=O) groups excluding carboxylic acids is 1. The number of benzene rings is 1. The molecular weight excluding hydrogens is 258 g/mol. The van der Waals surface area contributed by atoms with Crippen molar-refractivity contribution in [1.29, 1.82) is 0 Å². The van der Waals surface area contributed by atoms with Crippen molar-refractivity contribution in [2.45, 2.75) is 20.5 Å². The van der Waals surface area contributed by atoms with E-state index in [-0.39, 0.29) is 18.4 Å². The number of carboxylic acids is 1. The van der Waals surface area contributed by atoms with Crippen molar-refractivity contribution in [2.75, 3.05) is 20.2 Å². The summed E-state index contributed by atoms with van der Waals surface area (Å²) < 4.78 is 5.01. The highest BCUT2D eigenvalue weighted by molar-refractivity contribution is 5.95. The van der Waals surface area contributed by atoms with Crippen LogP contribution in [-0.4, -0.2) is 42.1 Å². The minimum Gasteiger partial charge on any atom is -0.480 e. The van der Waals surface area contributed by atoms with Crippen LogP contribution in [0.1, 0.15) is 29.8 Å². The highest BCUT2D eigenvalue weighted by atomic mass is 16.5. The largest absolute Gasteiger partial charge is 0.480 e. The topological polar surface area (TPSA) is 66.8 Å². The standard InChI is InChI=1S/C15H21NO4/c1-11(2)8-16(9-14(17)18)15(19)13-6-4-12(5-7-13)10-20-3/h4-7,11H,8-10H2,1-3H3,(H,17,18). The minimum atomic E-state index is -1.00. The fourth-order valence-electron chi connectivity index (χ4n) is 1.92. The van der Waals surface area contributed by atoms with Gasteiger partial charge in [0.15, 0.2) is 0 Å². The first-order valence-electron chi connectivity index (χ1n) is 6.53. The molecule has 0 spiro atoms. The molecule has 1 amide bonds. The van der Waals surface area contributed by atoms with Gasteiger partial charge < -0.3 is 14.7 Å².